The number of piperidine rings is 1. The summed E-state index contributed by atoms with van der Waals surface area (Å²) in [6.07, 6.45) is 2.40. The minimum absolute atomic E-state index is 0.0776. The van der Waals surface area contributed by atoms with Crippen LogP contribution in [0.5, 0.6) is 0 Å². The van der Waals surface area contributed by atoms with Crippen molar-refractivity contribution in [1.29, 1.82) is 0 Å². The summed E-state index contributed by atoms with van der Waals surface area (Å²) in [6, 6.07) is -0.634. The van der Waals surface area contributed by atoms with E-state index in [9.17, 15) is 14.4 Å². The van der Waals surface area contributed by atoms with Crippen LogP contribution in [0.4, 0.5) is 4.79 Å². The summed E-state index contributed by atoms with van der Waals surface area (Å²) in [6.45, 7) is 5.34. The van der Waals surface area contributed by atoms with Crippen LogP contribution >= 0.6 is 0 Å². The number of urea groups is 1. The number of amides is 4. The van der Waals surface area contributed by atoms with Crippen LogP contribution < -0.4 is 10.6 Å². The maximum Gasteiger partial charge on any atom is 0.319 e. The fourth-order valence-corrected chi connectivity index (χ4v) is 2.45. The molecule has 1 aliphatic rings. The lowest BCUT2D eigenvalue weighted by atomic mass is 9.97. The fourth-order valence-electron chi connectivity index (χ4n) is 2.45. The zero-order chi connectivity index (χ0) is 16.7. The highest BCUT2D eigenvalue weighted by molar-refractivity contribution is 5.88. The number of carbonyl (C=O) groups is 3. The lowest BCUT2D eigenvalue weighted by molar-refractivity contribution is -0.131. The highest BCUT2D eigenvalue weighted by Gasteiger charge is 2.30. The Bertz CT molecular complexity index is 412. The van der Waals surface area contributed by atoms with Gasteiger partial charge in [0, 0.05) is 33.7 Å². The van der Waals surface area contributed by atoms with Gasteiger partial charge in [0.15, 0.2) is 0 Å². The van der Waals surface area contributed by atoms with Gasteiger partial charge in [0.25, 0.3) is 0 Å². The van der Waals surface area contributed by atoms with Gasteiger partial charge >= 0.3 is 6.03 Å². The van der Waals surface area contributed by atoms with Crippen molar-refractivity contribution in [2.24, 2.45) is 5.92 Å². The zero-order valence-electron chi connectivity index (χ0n) is 14.0. The van der Waals surface area contributed by atoms with Crippen molar-refractivity contribution >= 4 is 17.8 Å². The molecule has 126 valence electrons. The van der Waals surface area contributed by atoms with Crippen molar-refractivity contribution in [1.82, 2.24) is 20.4 Å². The summed E-state index contributed by atoms with van der Waals surface area (Å²) < 4.78 is 0. The predicted molar refractivity (Wildman–Crippen MR) is 84.3 cm³/mol. The molecule has 1 heterocycles. The number of likely N-dealkylation sites (tertiary alicyclic amines) is 1. The Kier molecular flexibility index (Phi) is 7.14. The molecule has 7 nitrogen and oxygen atoms in total. The molecule has 1 rings (SSSR count). The Morgan fingerprint density at radius 1 is 1.32 bits per heavy atom. The van der Waals surface area contributed by atoms with Gasteiger partial charge < -0.3 is 20.4 Å². The topological polar surface area (TPSA) is 81.8 Å². The third kappa shape index (κ3) is 5.20. The van der Waals surface area contributed by atoms with Crippen molar-refractivity contribution in [2.75, 3.05) is 33.7 Å². The van der Waals surface area contributed by atoms with Gasteiger partial charge in [0.05, 0.1) is 5.92 Å². The number of nitrogens with zero attached hydrogens (tertiary/aromatic N) is 2. The van der Waals surface area contributed by atoms with E-state index >= 15 is 0 Å². The number of carbonyl (C=O) groups excluding carboxylic acids is 3. The molecule has 2 N–H and O–H groups in total. The quantitative estimate of drug-likeness (QED) is 0.771. The molecule has 0 spiro atoms. The van der Waals surface area contributed by atoms with Gasteiger partial charge in [-0.15, -0.1) is 0 Å². The molecule has 0 aromatic rings. The molecule has 1 fully saturated rings. The van der Waals surface area contributed by atoms with Crippen molar-refractivity contribution in [2.45, 2.75) is 39.2 Å². The van der Waals surface area contributed by atoms with Crippen LogP contribution in [-0.4, -0.2) is 67.4 Å². The third-order valence-electron chi connectivity index (χ3n) is 3.75. The number of hydrogen-bond acceptors (Lipinski definition) is 3. The van der Waals surface area contributed by atoms with Crippen molar-refractivity contribution < 1.29 is 14.4 Å². The van der Waals surface area contributed by atoms with Crippen LogP contribution in [0.3, 0.4) is 0 Å². The zero-order valence-corrected chi connectivity index (χ0v) is 14.0. The monoisotopic (exact) mass is 312 g/mol. The molecule has 0 bridgehead atoms. The minimum Gasteiger partial charge on any atom is -0.354 e. The Balaban J connectivity index is 2.51. The molecule has 1 aliphatic heterocycles. The average Bonchev–Trinajstić information content (AvgIpc) is 2.51. The molecule has 4 amide bonds. The van der Waals surface area contributed by atoms with Gasteiger partial charge in [0.2, 0.25) is 11.8 Å². The minimum atomic E-state index is -0.557. The second-order valence-electron chi connectivity index (χ2n) is 5.98. The fraction of sp³-hybridized carbons (Fsp3) is 0.800. The summed E-state index contributed by atoms with van der Waals surface area (Å²) >= 11 is 0. The van der Waals surface area contributed by atoms with Crippen LogP contribution in [0.15, 0.2) is 0 Å². The summed E-state index contributed by atoms with van der Waals surface area (Å²) in [4.78, 5) is 39.2. The molecule has 0 aliphatic carbocycles. The Hall–Kier alpha value is -1.79. The second kappa shape index (κ2) is 8.60. The average molecular weight is 312 g/mol. The van der Waals surface area contributed by atoms with Gasteiger partial charge in [0.1, 0.15) is 6.04 Å². The van der Waals surface area contributed by atoms with Crippen LogP contribution in [0.25, 0.3) is 0 Å². The molecule has 2 atom stereocenters. The summed E-state index contributed by atoms with van der Waals surface area (Å²) in [5.41, 5.74) is 0. The largest absolute Gasteiger partial charge is 0.354 e. The van der Waals surface area contributed by atoms with Crippen molar-refractivity contribution in [3.63, 3.8) is 0 Å². The molecule has 0 aromatic heterocycles. The van der Waals surface area contributed by atoms with E-state index in [4.69, 9.17) is 0 Å². The SMILES string of the molecule is CCCNC(=O)[C@@H](C)NC(=O)[C@H]1CCCN(C(=O)N(C)C)C1. The van der Waals surface area contributed by atoms with E-state index in [0.29, 0.717) is 19.6 Å². The van der Waals surface area contributed by atoms with Crippen molar-refractivity contribution in [3.05, 3.63) is 0 Å². The molecule has 0 saturated carbocycles. The van der Waals surface area contributed by atoms with Crippen LogP contribution in [-0.2, 0) is 9.59 Å². The standard InChI is InChI=1S/C15H28N4O3/c1-5-8-16-13(20)11(2)17-14(21)12-7-6-9-19(10-12)15(22)18(3)4/h11-12H,5-10H2,1-4H3,(H,16,20)(H,17,21)/t11-,12+/m1/s1. The van der Waals surface area contributed by atoms with E-state index in [1.807, 2.05) is 6.92 Å². The van der Waals surface area contributed by atoms with E-state index in [1.54, 1.807) is 25.9 Å². The van der Waals surface area contributed by atoms with Gasteiger partial charge in [-0.25, -0.2) is 4.79 Å². The summed E-state index contributed by atoms with van der Waals surface area (Å²) in [5.74, 6) is -0.582. The summed E-state index contributed by atoms with van der Waals surface area (Å²) in [7, 11) is 3.40. The first-order chi connectivity index (χ1) is 10.4. The van der Waals surface area contributed by atoms with E-state index in [-0.39, 0.29) is 23.8 Å². The van der Waals surface area contributed by atoms with E-state index < -0.39 is 6.04 Å². The van der Waals surface area contributed by atoms with Gasteiger partial charge in [-0.1, -0.05) is 6.92 Å². The molecule has 0 unspecified atom stereocenters. The normalized spacial score (nSPS) is 19.3. The number of hydrogen-bond donors (Lipinski definition) is 2. The highest BCUT2D eigenvalue weighted by atomic mass is 16.2. The molecular weight excluding hydrogens is 284 g/mol. The number of nitrogens with one attached hydrogen (secondary N) is 2. The first-order valence-electron chi connectivity index (χ1n) is 7.91. The molecule has 7 heteroatoms. The molecule has 0 aromatic carbocycles. The molecular formula is C15H28N4O3. The molecule has 1 saturated heterocycles. The highest BCUT2D eigenvalue weighted by Crippen LogP contribution is 2.17. The lowest BCUT2D eigenvalue weighted by Crippen LogP contribution is -2.52. The maximum absolute atomic E-state index is 12.3. The molecule has 0 radical (unpaired) electrons. The smallest absolute Gasteiger partial charge is 0.319 e. The Morgan fingerprint density at radius 3 is 2.59 bits per heavy atom. The summed E-state index contributed by atoms with van der Waals surface area (Å²) in [5, 5.41) is 5.50. The first-order valence-corrected chi connectivity index (χ1v) is 7.91. The molecule has 22 heavy (non-hydrogen) atoms. The van der Waals surface area contributed by atoms with Crippen molar-refractivity contribution in [3.8, 4) is 0 Å². The predicted octanol–water partition coefficient (Wildman–Crippen LogP) is 0.411. The Labute approximate surface area is 132 Å². The first kappa shape index (κ1) is 18.3. The van der Waals surface area contributed by atoms with Gasteiger partial charge in [-0.05, 0) is 26.2 Å². The van der Waals surface area contributed by atoms with E-state index in [1.165, 1.54) is 4.90 Å². The maximum atomic E-state index is 12.3. The van der Waals surface area contributed by atoms with Crippen LogP contribution in [0.1, 0.15) is 33.1 Å². The Morgan fingerprint density at radius 2 is 2.00 bits per heavy atom. The van der Waals surface area contributed by atoms with Gasteiger partial charge in [-0.2, -0.15) is 0 Å². The van der Waals surface area contributed by atoms with E-state index in [2.05, 4.69) is 10.6 Å². The lowest BCUT2D eigenvalue weighted by Gasteiger charge is -2.34. The van der Waals surface area contributed by atoms with Crippen LogP contribution in [0.2, 0.25) is 0 Å². The van der Waals surface area contributed by atoms with Crippen LogP contribution in [0, 0.1) is 5.92 Å². The van der Waals surface area contributed by atoms with Gasteiger partial charge in [-0.3, -0.25) is 9.59 Å². The third-order valence-corrected chi connectivity index (χ3v) is 3.75. The number of rotatable bonds is 5. The van der Waals surface area contributed by atoms with E-state index in [0.717, 1.165) is 19.3 Å². The second-order valence-corrected chi connectivity index (χ2v) is 5.98.